The summed E-state index contributed by atoms with van der Waals surface area (Å²) >= 11 is 0. The molecule has 0 bridgehead atoms. The topological polar surface area (TPSA) is 64.3 Å². The van der Waals surface area contributed by atoms with Crippen LogP contribution < -0.4 is 11.1 Å². The quantitative estimate of drug-likeness (QED) is 0.791. The van der Waals surface area contributed by atoms with Crippen LogP contribution in [0.3, 0.4) is 0 Å². The van der Waals surface area contributed by atoms with E-state index in [1.807, 2.05) is 30.3 Å². The molecule has 1 aromatic carbocycles. The van der Waals surface area contributed by atoms with Gasteiger partial charge in [0, 0.05) is 0 Å². The maximum Gasteiger partial charge on any atom is 0.413 e. The number of rotatable bonds is 3. The van der Waals surface area contributed by atoms with E-state index in [1.165, 1.54) is 0 Å². The number of hydrogen-bond donors (Lipinski definition) is 2. The highest BCUT2D eigenvalue weighted by molar-refractivity contribution is 5.69. The van der Waals surface area contributed by atoms with Gasteiger partial charge in [0.25, 0.3) is 0 Å². The summed E-state index contributed by atoms with van der Waals surface area (Å²) in [6.45, 7) is 1.97. The van der Waals surface area contributed by atoms with E-state index in [1.54, 1.807) is 13.0 Å². The molecule has 0 aliphatic carbocycles. The number of allylic oxidation sites excluding steroid dienone is 1. The monoisotopic (exact) mass is 206 g/mol. The van der Waals surface area contributed by atoms with Gasteiger partial charge in [0.2, 0.25) is 0 Å². The van der Waals surface area contributed by atoms with Gasteiger partial charge in [0.1, 0.15) is 12.4 Å². The van der Waals surface area contributed by atoms with E-state index >= 15 is 0 Å². The van der Waals surface area contributed by atoms with E-state index in [4.69, 9.17) is 10.5 Å². The van der Waals surface area contributed by atoms with Crippen molar-refractivity contribution in [2.24, 2.45) is 5.73 Å². The number of alkyl carbamates (subject to hydrolysis) is 1. The zero-order chi connectivity index (χ0) is 11.1. The third kappa shape index (κ3) is 4.17. The average Bonchev–Trinajstić information content (AvgIpc) is 2.27. The number of nitrogens with two attached hydrogens (primary N) is 1. The molecule has 1 aromatic rings. The Kier molecular flexibility index (Phi) is 4.22. The van der Waals surface area contributed by atoms with Crippen LogP contribution in [0.4, 0.5) is 4.79 Å². The predicted molar refractivity (Wildman–Crippen MR) is 57.7 cm³/mol. The van der Waals surface area contributed by atoms with Crippen LogP contribution in [-0.2, 0) is 11.3 Å². The summed E-state index contributed by atoms with van der Waals surface area (Å²) in [7, 11) is 0. The Balaban J connectivity index is 2.35. The number of hydrogen-bond acceptors (Lipinski definition) is 3. The average molecular weight is 206 g/mol. The summed E-state index contributed by atoms with van der Waals surface area (Å²) in [6, 6.07) is 9.44. The molecular weight excluding hydrogens is 192 g/mol. The van der Waals surface area contributed by atoms with Gasteiger partial charge in [-0.15, -0.1) is 0 Å². The molecule has 1 amide bonds. The van der Waals surface area contributed by atoms with E-state index < -0.39 is 6.09 Å². The summed E-state index contributed by atoms with van der Waals surface area (Å²) < 4.78 is 4.93. The molecule has 0 saturated carbocycles. The largest absolute Gasteiger partial charge is 0.444 e. The Morgan fingerprint density at radius 1 is 1.47 bits per heavy atom. The SMILES string of the molecule is CC=C(N)NC(=O)OCc1ccccc1. The molecule has 0 aromatic heterocycles. The minimum atomic E-state index is -0.547. The van der Waals surface area contributed by atoms with Crippen molar-refractivity contribution in [3.63, 3.8) is 0 Å². The highest BCUT2D eigenvalue weighted by Gasteiger charge is 2.01. The van der Waals surface area contributed by atoms with Gasteiger partial charge >= 0.3 is 6.09 Å². The van der Waals surface area contributed by atoms with Crippen LogP contribution in [0, 0.1) is 0 Å². The first-order valence-corrected chi connectivity index (χ1v) is 4.62. The summed E-state index contributed by atoms with van der Waals surface area (Å²) in [4.78, 5) is 11.1. The second-order valence-electron chi connectivity index (χ2n) is 2.93. The molecule has 0 unspecified atom stereocenters. The van der Waals surface area contributed by atoms with Crippen molar-refractivity contribution in [3.8, 4) is 0 Å². The van der Waals surface area contributed by atoms with Crippen LogP contribution in [-0.4, -0.2) is 6.09 Å². The van der Waals surface area contributed by atoms with Crippen molar-refractivity contribution in [3.05, 3.63) is 47.8 Å². The predicted octanol–water partition coefficient (Wildman–Crippen LogP) is 1.73. The van der Waals surface area contributed by atoms with Crippen LogP contribution in [0.25, 0.3) is 0 Å². The molecule has 0 aliphatic rings. The van der Waals surface area contributed by atoms with Crippen molar-refractivity contribution >= 4 is 6.09 Å². The van der Waals surface area contributed by atoms with Gasteiger partial charge in [-0.1, -0.05) is 30.3 Å². The molecule has 0 radical (unpaired) electrons. The first-order chi connectivity index (χ1) is 7.22. The molecule has 4 heteroatoms. The summed E-state index contributed by atoms with van der Waals surface area (Å²) in [5, 5.41) is 2.38. The second-order valence-corrected chi connectivity index (χ2v) is 2.93. The van der Waals surface area contributed by atoms with Crippen molar-refractivity contribution in [2.75, 3.05) is 0 Å². The normalized spacial score (nSPS) is 10.9. The number of amides is 1. The first kappa shape index (κ1) is 11.1. The summed E-state index contributed by atoms with van der Waals surface area (Å²) in [5.74, 6) is 0.285. The smallest absolute Gasteiger partial charge is 0.413 e. The van der Waals surface area contributed by atoms with E-state index in [0.29, 0.717) is 0 Å². The van der Waals surface area contributed by atoms with Crippen molar-refractivity contribution in [1.82, 2.24) is 5.32 Å². The second kappa shape index (κ2) is 5.70. The molecule has 4 nitrogen and oxygen atoms in total. The van der Waals surface area contributed by atoms with Crippen molar-refractivity contribution < 1.29 is 9.53 Å². The number of carbonyl (C=O) groups excluding carboxylic acids is 1. The maximum atomic E-state index is 11.1. The molecule has 0 spiro atoms. The fraction of sp³-hybridized carbons (Fsp3) is 0.182. The maximum absolute atomic E-state index is 11.1. The Morgan fingerprint density at radius 2 is 2.13 bits per heavy atom. The van der Waals surface area contributed by atoms with Crippen LogP contribution >= 0.6 is 0 Å². The lowest BCUT2D eigenvalue weighted by Crippen LogP contribution is -2.27. The van der Waals surface area contributed by atoms with Crippen LogP contribution in [0.2, 0.25) is 0 Å². The van der Waals surface area contributed by atoms with E-state index in [-0.39, 0.29) is 12.4 Å². The first-order valence-electron chi connectivity index (χ1n) is 4.62. The minimum absolute atomic E-state index is 0.240. The molecule has 3 N–H and O–H groups in total. The van der Waals surface area contributed by atoms with Crippen LogP contribution in [0.5, 0.6) is 0 Å². The molecule has 0 atom stereocenters. The van der Waals surface area contributed by atoms with Gasteiger partial charge in [-0.2, -0.15) is 0 Å². The molecule has 1 rings (SSSR count). The molecule has 0 fully saturated rings. The lowest BCUT2D eigenvalue weighted by molar-refractivity contribution is 0.142. The van der Waals surface area contributed by atoms with Crippen LogP contribution in [0.15, 0.2) is 42.2 Å². The Labute approximate surface area is 88.7 Å². The Bertz CT molecular complexity index is 347. The fourth-order valence-corrected chi connectivity index (χ4v) is 0.949. The van der Waals surface area contributed by atoms with Gasteiger partial charge < -0.3 is 10.5 Å². The van der Waals surface area contributed by atoms with Crippen molar-refractivity contribution in [1.29, 1.82) is 0 Å². The van der Waals surface area contributed by atoms with Gasteiger partial charge in [-0.05, 0) is 18.6 Å². The Morgan fingerprint density at radius 3 is 2.73 bits per heavy atom. The fourth-order valence-electron chi connectivity index (χ4n) is 0.949. The standard InChI is InChI=1S/C11H14N2O2/c1-2-10(12)13-11(14)15-8-9-6-4-3-5-7-9/h2-7H,8,12H2,1H3,(H,13,14). The van der Waals surface area contributed by atoms with E-state index in [9.17, 15) is 4.79 Å². The molecular formula is C11H14N2O2. The molecule has 0 saturated heterocycles. The van der Waals surface area contributed by atoms with Gasteiger partial charge in [0.05, 0.1) is 0 Å². The summed E-state index contributed by atoms with van der Waals surface area (Å²) in [6.07, 6.45) is 1.04. The highest BCUT2D eigenvalue weighted by atomic mass is 16.5. The number of benzene rings is 1. The van der Waals surface area contributed by atoms with E-state index in [2.05, 4.69) is 5.32 Å². The summed E-state index contributed by atoms with van der Waals surface area (Å²) in [5.41, 5.74) is 6.33. The van der Waals surface area contributed by atoms with E-state index in [0.717, 1.165) is 5.56 Å². The van der Waals surface area contributed by atoms with Gasteiger partial charge in [0.15, 0.2) is 0 Å². The lowest BCUT2D eigenvalue weighted by Gasteiger charge is -2.06. The third-order valence-electron chi connectivity index (χ3n) is 1.77. The molecule has 0 heterocycles. The van der Waals surface area contributed by atoms with Gasteiger partial charge in [-0.3, -0.25) is 5.32 Å². The van der Waals surface area contributed by atoms with Crippen molar-refractivity contribution in [2.45, 2.75) is 13.5 Å². The zero-order valence-corrected chi connectivity index (χ0v) is 8.57. The zero-order valence-electron chi connectivity index (χ0n) is 8.57. The van der Waals surface area contributed by atoms with Gasteiger partial charge in [-0.25, -0.2) is 4.79 Å². The number of nitrogens with one attached hydrogen (secondary N) is 1. The third-order valence-corrected chi connectivity index (χ3v) is 1.77. The Hall–Kier alpha value is -1.97. The number of carbonyl (C=O) groups is 1. The molecule has 80 valence electrons. The molecule has 0 aliphatic heterocycles. The highest BCUT2D eigenvalue weighted by Crippen LogP contribution is 2.00. The number of ether oxygens (including phenoxy) is 1. The van der Waals surface area contributed by atoms with Crippen LogP contribution in [0.1, 0.15) is 12.5 Å². The lowest BCUT2D eigenvalue weighted by atomic mass is 10.2. The molecule has 15 heavy (non-hydrogen) atoms. The minimum Gasteiger partial charge on any atom is -0.444 e.